The van der Waals surface area contributed by atoms with Crippen molar-refractivity contribution in [1.29, 1.82) is 0 Å². The van der Waals surface area contributed by atoms with Gasteiger partial charge < -0.3 is 5.32 Å². The first kappa shape index (κ1) is 17.2. The molecular formula is C16H14ClN3O4S. The van der Waals surface area contributed by atoms with E-state index in [1.165, 1.54) is 24.3 Å². The number of urea groups is 1. The number of halogens is 1. The van der Waals surface area contributed by atoms with E-state index in [0.717, 1.165) is 0 Å². The lowest BCUT2D eigenvalue weighted by Crippen LogP contribution is -2.40. The second kappa shape index (κ2) is 6.05. The second-order valence-corrected chi connectivity index (χ2v) is 7.79. The third kappa shape index (κ3) is 3.31. The van der Waals surface area contributed by atoms with Gasteiger partial charge in [-0.25, -0.2) is 13.2 Å². The van der Waals surface area contributed by atoms with Crippen molar-refractivity contribution < 1.29 is 18.0 Å². The second-order valence-electron chi connectivity index (χ2n) is 5.67. The highest BCUT2D eigenvalue weighted by Gasteiger charge is 2.43. The maximum Gasteiger partial charge on any atom is 0.322 e. The fourth-order valence-electron chi connectivity index (χ4n) is 2.47. The minimum atomic E-state index is -3.79. The highest BCUT2D eigenvalue weighted by atomic mass is 35.5. The van der Waals surface area contributed by atoms with Gasteiger partial charge >= 0.3 is 6.03 Å². The van der Waals surface area contributed by atoms with Gasteiger partial charge in [-0.2, -0.15) is 0 Å². The number of carbonyl (C=O) groups excluding carboxylic acids is 2. The fourth-order valence-corrected chi connectivity index (χ4v) is 3.83. The topological polar surface area (TPSA) is 104 Å². The number of hydrogen-bond acceptors (Lipinski definition) is 4. The van der Waals surface area contributed by atoms with Crippen LogP contribution in [-0.2, 0) is 20.4 Å². The predicted molar refractivity (Wildman–Crippen MR) is 92.7 cm³/mol. The summed E-state index contributed by atoms with van der Waals surface area (Å²) in [7, 11) is -3.79. The molecule has 3 N–H and O–H groups in total. The van der Waals surface area contributed by atoms with Gasteiger partial charge in [0.2, 0.25) is 0 Å². The van der Waals surface area contributed by atoms with Crippen LogP contribution in [0, 0.1) is 0 Å². The van der Waals surface area contributed by atoms with Gasteiger partial charge in [-0.15, -0.1) is 0 Å². The molecule has 1 heterocycles. The van der Waals surface area contributed by atoms with E-state index >= 15 is 0 Å². The van der Waals surface area contributed by atoms with Crippen LogP contribution in [0.1, 0.15) is 12.5 Å². The molecule has 1 aliphatic rings. The number of nitrogens with one attached hydrogen (secondary N) is 3. The van der Waals surface area contributed by atoms with E-state index < -0.39 is 27.5 Å². The van der Waals surface area contributed by atoms with Crippen LogP contribution in [0.25, 0.3) is 0 Å². The first-order chi connectivity index (χ1) is 11.7. The van der Waals surface area contributed by atoms with E-state index in [2.05, 4.69) is 15.4 Å². The van der Waals surface area contributed by atoms with Crippen LogP contribution in [0.3, 0.4) is 0 Å². The number of amides is 3. The Bertz CT molecular complexity index is 960. The van der Waals surface area contributed by atoms with Crippen molar-refractivity contribution in [2.24, 2.45) is 0 Å². The minimum Gasteiger partial charge on any atom is -0.320 e. The Labute approximate surface area is 149 Å². The zero-order valence-electron chi connectivity index (χ0n) is 13.0. The number of sulfonamides is 1. The van der Waals surface area contributed by atoms with Crippen LogP contribution in [0.2, 0.25) is 5.02 Å². The molecule has 0 aliphatic carbocycles. The van der Waals surface area contributed by atoms with Gasteiger partial charge in [0.15, 0.2) is 0 Å². The lowest BCUT2D eigenvalue weighted by molar-refractivity contribution is -0.123. The van der Waals surface area contributed by atoms with Gasteiger partial charge in [-0.3, -0.25) is 14.8 Å². The molecule has 0 radical (unpaired) electrons. The summed E-state index contributed by atoms with van der Waals surface area (Å²) in [5.74, 6) is -0.468. The van der Waals surface area contributed by atoms with E-state index in [-0.39, 0.29) is 4.90 Å². The lowest BCUT2D eigenvalue weighted by atomic mass is 9.92. The van der Waals surface area contributed by atoms with Gasteiger partial charge in [-0.1, -0.05) is 29.8 Å². The molecule has 3 rings (SSSR count). The van der Waals surface area contributed by atoms with Crippen molar-refractivity contribution in [3.05, 3.63) is 59.1 Å². The number of benzene rings is 2. The molecule has 1 unspecified atom stereocenters. The molecule has 0 aromatic heterocycles. The molecule has 0 bridgehead atoms. The van der Waals surface area contributed by atoms with E-state index in [0.29, 0.717) is 16.3 Å². The average molecular weight is 380 g/mol. The number of imide groups is 1. The van der Waals surface area contributed by atoms with E-state index in [1.807, 2.05) is 0 Å². The molecule has 2 aromatic rings. The molecule has 2 aromatic carbocycles. The van der Waals surface area contributed by atoms with Gasteiger partial charge in [-0.05, 0) is 42.8 Å². The van der Waals surface area contributed by atoms with Crippen molar-refractivity contribution in [3.8, 4) is 0 Å². The van der Waals surface area contributed by atoms with E-state index in [4.69, 9.17) is 11.6 Å². The van der Waals surface area contributed by atoms with Crippen molar-refractivity contribution >= 4 is 39.2 Å². The Morgan fingerprint density at radius 1 is 1.08 bits per heavy atom. The van der Waals surface area contributed by atoms with Crippen LogP contribution in [-0.4, -0.2) is 20.4 Å². The SMILES string of the molecule is CC1(c2ccc(NS(=O)(=O)c3cccc(Cl)c3)cc2)NC(=O)NC1=O. The molecule has 0 saturated carbocycles. The Morgan fingerprint density at radius 3 is 2.32 bits per heavy atom. The highest BCUT2D eigenvalue weighted by molar-refractivity contribution is 7.92. The summed E-state index contributed by atoms with van der Waals surface area (Å²) in [5.41, 5.74) is -0.347. The van der Waals surface area contributed by atoms with Gasteiger partial charge in [0, 0.05) is 10.7 Å². The normalized spacial score (nSPS) is 20.1. The molecular weight excluding hydrogens is 366 g/mol. The van der Waals surface area contributed by atoms with Gasteiger partial charge in [0.25, 0.3) is 15.9 Å². The van der Waals surface area contributed by atoms with Crippen molar-refractivity contribution in [1.82, 2.24) is 10.6 Å². The smallest absolute Gasteiger partial charge is 0.320 e. The Kier molecular flexibility index (Phi) is 4.18. The molecule has 1 aliphatic heterocycles. The Balaban J connectivity index is 1.84. The summed E-state index contributed by atoms with van der Waals surface area (Å²) in [6, 6.07) is 11.5. The first-order valence-corrected chi connectivity index (χ1v) is 9.09. The van der Waals surface area contributed by atoms with Gasteiger partial charge in [0.05, 0.1) is 4.90 Å². The maximum atomic E-state index is 12.4. The standard InChI is InChI=1S/C16H14ClN3O4S/c1-16(14(21)18-15(22)19-16)10-5-7-12(8-6-10)20-25(23,24)13-4-2-3-11(17)9-13/h2-9,20H,1H3,(H2,18,19,21,22). The van der Waals surface area contributed by atoms with Gasteiger partial charge in [0.1, 0.15) is 5.54 Å². The van der Waals surface area contributed by atoms with Crippen molar-refractivity contribution in [2.45, 2.75) is 17.4 Å². The number of carbonyl (C=O) groups is 2. The summed E-state index contributed by atoms with van der Waals surface area (Å²) < 4.78 is 27.2. The molecule has 0 spiro atoms. The molecule has 3 amide bonds. The average Bonchev–Trinajstić information content (AvgIpc) is 2.81. The number of anilines is 1. The van der Waals surface area contributed by atoms with Crippen LogP contribution in [0.15, 0.2) is 53.4 Å². The molecule has 9 heteroatoms. The quantitative estimate of drug-likeness (QED) is 0.708. The zero-order valence-corrected chi connectivity index (χ0v) is 14.6. The monoisotopic (exact) mass is 379 g/mol. The van der Waals surface area contributed by atoms with Crippen LogP contribution < -0.4 is 15.4 Å². The van der Waals surface area contributed by atoms with Crippen LogP contribution in [0.4, 0.5) is 10.5 Å². The summed E-state index contributed by atoms with van der Waals surface area (Å²) in [6.07, 6.45) is 0. The zero-order chi connectivity index (χ0) is 18.2. The van der Waals surface area contributed by atoms with Crippen molar-refractivity contribution in [3.63, 3.8) is 0 Å². The minimum absolute atomic E-state index is 0.0403. The summed E-state index contributed by atoms with van der Waals surface area (Å²) in [5, 5.41) is 5.03. The lowest BCUT2D eigenvalue weighted by Gasteiger charge is -2.21. The first-order valence-electron chi connectivity index (χ1n) is 7.23. The maximum absolute atomic E-state index is 12.4. The Hall–Kier alpha value is -2.58. The third-order valence-electron chi connectivity index (χ3n) is 3.87. The molecule has 25 heavy (non-hydrogen) atoms. The molecule has 1 fully saturated rings. The number of hydrogen-bond donors (Lipinski definition) is 3. The summed E-state index contributed by atoms with van der Waals surface area (Å²) >= 11 is 5.82. The van der Waals surface area contributed by atoms with E-state index in [1.54, 1.807) is 31.2 Å². The molecule has 7 nitrogen and oxygen atoms in total. The molecule has 1 saturated heterocycles. The largest absolute Gasteiger partial charge is 0.322 e. The highest BCUT2D eigenvalue weighted by Crippen LogP contribution is 2.26. The summed E-state index contributed by atoms with van der Waals surface area (Å²) in [6.45, 7) is 1.57. The summed E-state index contributed by atoms with van der Waals surface area (Å²) in [4.78, 5) is 23.3. The van der Waals surface area contributed by atoms with Crippen LogP contribution in [0.5, 0.6) is 0 Å². The predicted octanol–water partition coefficient (Wildman–Crippen LogP) is 2.20. The fraction of sp³-hybridized carbons (Fsp3) is 0.125. The third-order valence-corrected chi connectivity index (χ3v) is 5.48. The molecule has 1 atom stereocenters. The van der Waals surface area contributed by atoms with Crippen LogP contribution >= 0.6 is 11.6 Å². The van der Waals surface area contributed by atoms with Crippen molar-refractivity contribution in [2.75, 3.05) is 4.72 Å². The Morgan fingerprint density at radius 2 is 1.76 bits per heavy atom. The van der Waals surface area contributed by atoms with E-state index in [9.17, 15) is 18.0 Å². The number of rotatable bonds is 4. The molecule has 130 valence electrons.